The lowest BCUT2D eigenvalue weighted by Gasteiger charge is -2.34. The van der Waals surface area contributed by atoms with Crippen molar-refractivity contribution in [1.29, 1.82) is 5.26 Å². The zero-order valence-electron chi connectivity index (χ0n) is 30.1. The molecule has 0 saturated carbocycles. The van der Waals surface area contributed by atoms with E-state index in [0.29, 0.717) is 11.1 Å². The number of hydrogen-bond donors (Lipinski definition) is 3. The zero-order chi connectivity index (χ0) is 37.2. The summed E-state index contributed by atoms with van der Waals surface area (Å²) < 4.78 is 11.1. The largest absolute Gasteiger partial charge is 0.508 e. The summed E-state index contributed by atoms with van der Waals surface area (Å²) in [5.41, 5.74) is 1.67. The van der Waals surface area contributed by atoms with E-state index in [1.165, 1.54) is 12.1 Å². The number of phenols is 1. The number of alkyl carbamates (subject to hydrolysis) is 1. The normalized spacial score (nSPS) is 13.2. The fraction of sp³-hybridized carbons (Fsp3) is 0.410. The van der Waals surface area contributed by atoms with E-state index in [0.717, 1.165) is 21.6 Å². The van der Waals surface area contributed by atoms with Crippen LogP contribution in [0.15, 0.2) is 72.8 Å². The average molecular weight is 685 g/mol. The molecule has 11 nitrogen and oxygen atoms in total. The number of nitrogens with one attached hydrogen (secondary N) is 2. The van der Waals surface area contributed by atoms with E-state index in [-0.39, 0.29) is 18.6 Å². The second kappa shape index (κ2) is 16.8. The Kier molecular flexibility index (Phi) is 13.2. The molecule has 0 bridgehead atoms. The molecule has 3 amide bonds. The second-order valence-corrected chi connectivity index (χ2v) is 14.3. The smallest absolute Gasteiger partial charge is 0.408 e. The third-order valence-corrected chi connectivity index (χ3v) is 7.30. The molecule has 0 radical (unpaired) electrons. The van der Waals surface area contributed by atoms with Crippen molar-refractivity contribution >= 4 is 23.9 Å². The maximum atomic E-state index is 14.6. The molecular formula is C39H48N4O7. The number of hydrogen-bond acceptors (Lipinski definition) is 8. The summed E-state index contributed by atoms with van der Waals surface area (Å²) in [7, 11) is 0. The first-order chi connectivity index (χ1) is 23.3. The summed E-state index contributed by atoms with van der Waals surface area (Å²) in [4.78, 5) is 56.7. The number of rotatable bonds is 12. The number of aryl methyl sites for hydroxylation is 2. The van der Waals surface area contributed by atoms with Gasteiger partial charge >= 0.3 is 12.1 Å². The van der Waals surface area contributed by atoms with Crippen molar-refractivity contribution in [3.8, 4) is 11.8 Å². The van der Waals surface area contributed by atoms with Gasteiger partial charge in [-0.25, -0.2) is 9.59 Å². The van der Waals surface area contributed by atoms with Crippen molar-refractivity contribution in [2.24, 2.45) is 0 Å². The molecule has 0 saturated heterocycles. The van der Waals surface area contributed by atoms with Gasteiger partial charge in [0.25, 0.3) is 0 Å². The topological polar surface area (TPSA) is 158 Å². The Hall–Kier alpha value is -5.37. The first kappa shape index (κ1) is 39.1. The van der Waals surface area contributed by atoms with Crippen molar-refractivity contribution in [2.45, 2.75) is 97.6 Å². The van der Waals surface area contributed by atoms with Gasteiger partial charge in [-0.05, 0) is 84.2 Å². The molecular weight excluding hydrogens is 636 g/mol. The first-order valence-electron chi connectivity index (χ1n) is 16.5. The molecule has 3 atom stereocenters. The summed E-state index contributed by atoms with van der Waals surface area (Å²) in [5, 5.41) is 25.3. The van der Waals surface area contributed by atoms with Crippen LogP contribution in [0.5, 0.6) is 5.75 Å². The van der Waals surface area contributed by atoms with E-state index < -0.39 is 59.7 Å². The van der Waals surface area contributed by atoms with Crippen LogP contribution in [0.25, 0.3) is 0 Å². The number of aromatic hydroxyl groups is 1. The molecule has 0 aliphatic carbocycles. The fourth-order valence-electron chi connectivity index (χ4n) is 5.40. The Labute approximate surface area is 294 Å². The molecule has 0 aliphatic heterocycles. The molecule has 3 aromatic rings. The Morgan fingerprint density at radius 1 is 0.780 bits per heavy atom. The maximum Gasteiger partial charge on any atom is 0.408 e. The Morgan fingerprint density at radius 3 is 1.86 bits per heavy atom. The van der Waals surface area contributed by atoms with Crippen molar-refractivity contribution in [2.75, 3.05) is 6.54 Å². The minimum atomic E-state index is -1.38. The molecule has 3 N–H and O–H groups in total. The van der Waals surface area contributed by atoms with Gasteiger partial charge in [-0.15, -0.1) is 0 Å². The van der Waals surface area contributed by atoms with E-state index in [4.69, 9.17) is 9.47 Å². The molecule has 3 aromatic carbocycles. The van der Waals surface area contributed by atoms with Crippen LogP contribution in [-0.2, 0) is 36.7 Å². The third-order valence-electron chi connectivity index (χ3n) is 7.30. The number of amides is 3. The predicted molar refractivity (Wildman–Crippen MR) is 189 cm³/mol. The number of benzene rings is 3. The number of ether oxygens (including phenoxy) is 2. The lowest BCUT2D eigenvalue weighted by atomic mass is 9.96. The van der Waals surface area contributed by atoms with Crippen LogP contribution < -0.4 is 10.6 Å². The highest BCUT2D eigenvalue weighted by molar-refractivity contribution is 5.94. The van der Waals surface area contributed by atoms with Crippen LogP contribution in [0.2, 0.25) is 0 Å². The van der Waals surface area contributed by atoms with Gasteiger partial charge in [-0.3, -0.25) is 9.59 Å². The predicted octanol–water partition coefficient (Wildman–Crippen LogP) is 5.61. The van der Waals surface area contributed by atoms with E-state index in [1.54, 1.807) is 65.8 Å². The molecule has 266 valence electrons. The second-order valence-electron chi connectivity index (χ2n) is 14.3. The molecule has 0 spiro atoms. The number of esters is 1. The van der Waals surface area contributed by atoms with Crippen LogP contribution in [0.3, 0.4) is 0 Å². The van der Waals surface area contributed by atoms with Gasteiger partial charge in [0, 0.05) is 12.8 Å². The van der Waals surface area contributed by atoms with Gasteiger partial charge in [0.2, 0.25) is 11.8 Å². The molecule has 0 heterocycles. The lowest BCUT2D eigenvalue weighted by molar-refractivity contribution is -0.159. The lowest BCUT2D eigenvalue weighted by Crippen LogP contribution is -2.55. The van der Waals surface area contributed by atoms with Crippen LogP contribution in [0, 0.1) is 25.2 Å². The van der Waals surface area contributed by atoms with Crippen molar-refractivity contribution in [3.05, 3.63) is 101 Å². The van der Waals surface area contributed by atoms with Gasteiger partial charge in [0.15, 0.2) is 0 Å². The average Bonchev–Trinajstić information content (AvgIpc) is 2.99. The summed E-state index contributed by atoms with van der Waals surface area (Å²) in [6, 6.07) is 18.8. The van der Waals surface area contributed by atoms with Crippen molar-refractivity contribution in [3.63, 3.8) is 0 Å². The van der Waals surface area contributed by atoms with Crippen LogP contribution in [0.4, 0.5) is 4.79 Å². The number of nitriles is 1. The van der Waals surface area contributed by atoms with Crippen LogP contribution in [-0.4, -0.2) is 63.7 Å². The zero-order valence-corrected chi connectivity index (χ0v) is 30.1. The molecule has 50 heavy (non-hydrogen) atoms. The van der Waals surface area contributed by atoms with Gasteiger partial charge in [-0.1, -0.05) is 71.8 Å². The van der Waals surface area contributed by atoms with Crippen LogP contribution >= 0.6 is 0 Å². The molecule has 11 heteroatoms. The standard InChI is InChI=1S/C39H48N4O7/c1-25-20-26(2)22-29(21-25)33(34(45)41-32(36(47)49-38(3,4)5)24-27-12-10-9-11-13-27)43(19-18-40)35(46)31(42-37(48)50-39(6,7)8)23-28-14-16-30(44)17-15-28/h9-17,20-22,31-33,44H,19,23-24H2,1-8H3,(H,41,45)(H,42,48). The van der Waals surface area contributed by atoms with Crippen LogP contribution in [0.1, 0.15) is 75.4 Å². The minimum Gasteiger partial charge on any atom is -0.508 e. The molecule has 0 fully saturated rings. The third kappa shape index (κ3) is 12.3. The van der Waals surface area contributed by atoms with Gasteiger partial charge in [0.1, 0.15) is 41.6 Å². The highest BCUT2D eigenvalue weighted by Crippen LogP contribution is 2.26. The van der Waals surface area contributed by atoms with E-state index in [1.807, 2.05) is 56.3 Å². The summed E-state index contributed by atoms with van der Waals surface area (Å²) in [5.74, 6) is -2.10. The summed E-state index contributed by atoms with van der Waals surface area (Å²) in [6.07, 6.45) is -0.806. The highest BCUT2D eigenvalue weighted by Gasteiger charge is 2.38. The Bertz CT molecular complexity index is 1670. The molecule has 0 aromatic heterocycles. The van der Waals surface area contributed by atoms with E-state index >= 15 is 0 Å². The summed E-state index contributed by atoms with van der Waals surface area (Å²) >= 11 is 0. The van der Waals surface area contributed by atoms with Gasteiger partial charge in [-0.2, -0.15) is 5.26 Å². The van der Waals surface area contributed by atoms with Gasteiger partial charge < -0.3 is 30.1 Å². The maximum absolute atomic E-state index is 14.6. The Balaban J connectivity index is 2.12. The number of carbonyl (C=O) groups excluding carboxylic acids is 4. The molecule has 3 rings (SSSR count). The molecule has 0 aliphatic rings. The number of phenolic OH excluding ortho intramolecular Hbond substituents is 1. The van der Waals surface area contributed by atoms with Gasteiger partial charge in [0.05, 0.1) is 6.07 Å². The summed E-state index contributed by atoms with van der Waals surface area (Å²) in [6.45, 7) is 13.4. The highest BCUT2D eigenvalue weighted by atomic mass is 16.6. The number of nitrogens with zero attached hydrogens (tertiary/aromatic N) is 2. The van der Waals surface area contributed by atoms with E-state index in [9.17, 15) is 29.5 Å². The van der Waals surface area contributed by atoms with Crippen molar-refractivity contribution in [1.82, 2.24) is 15.5 Å². The number of carbonyl (C=O) groups is 4. The SMILES string of the molecule is Cc1cc(C)cc(C(C(=O)NC(Cc2ccccc2)C(=O)OC(C)(C)C)N(CC#N)C(=O)C(Cc2ccc(O)cc2)NC(=O)OC(C)(C)C)c1. The Morgan fingerprint density at radius 2 is 1.32 bits per heavy atom. The first-order valence-corrected chi connectivity index (χ1v) is 16.5. The van der Waals surface area contributed by atoms with Crippen molar-refractivity contribution < 1.29 is 33.8 Å². The minimum absolute atomic E-state index is 0.0180. The molecule has 3 unspecified atom stereocenters. The monoisotopic (exact) mass is 684 g/mol. The quantitative estimate of drug-likeness (QED) is 0.164. The fourth-order valence-corrected chi connectivity index (χ4v) is 5.40. The van der Waals surface area contributed by atoms with E-state index in [2.05, 4.69) is 10.6 Å².